The maximum absolute atomic E-state index is 14.4. The summed E-state index contributed by atoms with van der Waals surface area (Å²) in [5, 5.41) is 15.7. The zero-order valence-electron chi connectivity index (χ0n) is 17.6. The van der Waals surface area contributed by atoms with Crippen molar-refractivity contribution in [3.63, 3.8) is 0 Å². The topological polar surface area (TPSA) is 90.9 Å². The molecule has 0 aromatic heterocycles. The second-order valence-corrected chi connectivity index (χ2v) is 8.10. The van der Waals surface area contributed by atoms with Crippen LogP contribution < -0.4 is 15.4 Å². The first-order valence-corrected chi connectivity index (χ1v) is 10.5. The number of carbonyl (C=O) groups excluding carboxylic acids is 2. The van der Waals surface area contributed by atoms with Gasteiger partial charge in [-0.25, -0.2) is 4.39 Å². The summed E-state index contributed by atoms with van der Waals surface area (Å²) in [5.41, 5.74) is 0.944. The molecule has 2 aromatic carbocycles. The number of aromatic hydroxyl groups is 1. The summed E-state index contributed by atoms with van der Waals surface area (Å²) >= 11 is 0. The number of benzene rings is 2. The average Bonchev–Trinajstić information content (AvgIpc) is 3.01. The van der Waals surface area contributed by atoms with Gasteiger partial charge in [0.15, 0.2) is 6.29 Å². The van der Waals surface area contributed by atoms with Crippen molar-refractivity contribution < 1.29 is 23.8 Å². The number of nitrogens with one attached hydrogen (secondary N) is 2. The maximum atomic E-state index is 14.4. The highest BCUT2D eigenvalue weighted by Crippen LogP contribution is 2.45. The first-order chi connectivity index (χ1) is 14.9. The molecule has 2 aliphatic rings. The van der Waals surface area contributed by atoms with Gasteiger partial charge in [-0.2, -0.15) is 0 Å². The third kappa shape index (κ3) is 3.72. The van der Waals surface area contributed by atoms with Gasteiger partial charge in [-0.3, -0.25) is 14.5 Å². The number of nitrogens with zero attached hydrogens (tertiary/aromatic N) is 1. The Morgan fingerprint density at radius 3 is 2.94 bits per heavy atom. The Hall–Kier alpha value is -3.13. The van der Waals surface area contributed by atoms with Crippen molar-refractivity contribution >= 4 is 23.6 Å². The molecule has 1 fully saturated rings. The number of hydrogen-bond acceptors (Lipinski definition) is 6. The van der Waals surface area contributed by atoms with Crippen LogP contribution in [0.2, 0.25) is 0 Å². The molecule has 1 amide bonds. The van der Waals surface area contributed by atoms with Gasteiger partial charge in [0.2, 0.25) is 5.91 Å². The second-order valence-electron chi connectivity index (χ2n) is 8.10. The monoisotopic (exact) mass is 427 g/mol. The van der Waals surface area contributed by atoms with E-state index < -0.39 is 11.4 Å². The predicted molar refractivity (Wildman–Crippen MR) is 115 cm³/mol. The van der Waals surface area contributed by atoms with Gasteiger partial charge in [-0.15, -0.1) is 0 Å². The summed E-state index contributed by atoms with van der Waals surface area (Å²) in [6.07, 6.45) is 1.95. The molecule has 7 nitrogen and oxygen atoms in total. The van der Waals surface area contributed by atoms with Gasteiger partial charge in [0.1, 0.15) is 29.0 Å². The minimum Gasteiger partial charge on any atom is -0.507 e. The molecule has 31 heavy (non-hydrogen) atoms. The van der Waals surface area contributed by atoms with E-state index in [0.717, 1.165) is 12.8 Å². The first kappa shape index (κ1) is 21.1. The van der Waals surface area contributed by atoms with Crippen molar-refractivity contribution in [3.05, 3.63) is 47.3 Å². The van der Waals surface area contributed by atoms with Gasteiger partial charge in [0.25, 0.3) is 0 Å². The minimum absolute atomic E-state index is 0.0992. The summed E-state index contributed by atoms with van der Waals surface area (Å²) < 4.78 is 20.4. The standard InChI is InChI=1S/C23H26FN3O4/c1-3-25-19-11-15(24)10-18-21(19)26-22(30)23(18,2)27-8-4-5-17(12-27)31-16-6-7-20(29)14(9-16)13-28/h6-7,9-11,13,17,25,29H,3-5,8,12H2,1-2H3,(H,26,30)/t17-,23?/m1/s1. The van der Waals surface area contributed by atoms with Crippen molar-refractivity contribution in [1.29, 1.82) is 0 Å². The van der Waals surface area contributed by atoms with Crippen LogP contribution >= 0.6 is 0 Å². The molecule has 2 heterocycles. The lowest BCUT2D eigenvalue weighted by molar-refractivity contribution is -0.128. The van der Waals surface area contributed by atoms with Gasteiger partial charge in [0.05, 0.1) is 16.9 Å². The van der Waals surface area contributed by atoms with E-state index >= 15 is 0 Å². The molecule has 1 saturated heterocycles. The molecule has 0 saturated carbocycles. The van der Waals surface area contributed by atoms with E-state index in [9.17, 15) is 19.1 Å². The number of piperidine rings is 1. The molecule has 8 heteroatoms. The number of fused-ring (bicyclic) bond motifs is 1. The van der Waals surface area contributed by atoms with Crippen LogP contribution in [0.25, 0.3) is 0 Å². The van der Waals surface area contributed by atoms with Gasteiger partial charge in [-0.05, 0) is 63.6 Å². The van der Waals surface area contributed by atoms with E-state index in [2.05, 4.69) is 10.6 Å². The summed E-state index contributed by atoms with van der Waals surface area (Å²) in [4.78, 5) is 26.2. The second kappa shape index (κ2) is 8.19. The number of carbonyl (C=O) groups is 2. The molecule has 3 N–H and O–H groups in total. The van der Waals surface area contributed by atoms with E-state index in [0.29, 0.717) is 48.6 Å². The van der Waals surface area contributed by atoms with E-state index in [-0.39, 0.29) is 23.3 Å². The van der Waals surface area contributed by atoms with Gasteiger partial charge in [0, 0.05) is 18.7 Å². The lowest BCUT2D eigenvalue weighted by atomic mass is 9.88. The van der Waals surface area contributed by atoms with Crippen LogP contribution in [0.5, 0.6) is 11.5 Å². The van der Waals surface area contributed by atoms with Crippen molar-refractivity contribution in [2.45, 2.75) is 38.3 Å². The fourth-order valence-electron chi connectivity index (χ4n) is 4.46. The van der Waals surface area contributed by atoms with Crippen LogP contribution in [0.15, 0.2) is 30.3 Å². The SMILES string of the molecule is CCNc1cc(F)cc2c1NC(=O)C2(C)N1CCC[C@@H](Oc2ccc(O)c(C=O)c2)C1. The van der Waals surface area contributed by atoms with Gasteiger partial charge < -0.3 is 20.5 Å². The van der Waals surface area contributed by atoms with Crippen LogP contribution in [-0.2, 0) is 10.3 Å². The normalized spacial score (nSPS) is 23.2. The number of aldehydes is 1. The summed E-state index contributed by atoms with van der Waals surface area (Å²) in [6.45, 7) is 5.48. The van der Waals surface area contributed by atoms with Crippen LogP contribution in [0.3, 0.4) is 0 Å². The first-order valence-electron chi connectivity index (χ1n) is 10.5. The molecule has 4 rings (SSSR count). The largest absolute Gasteiger partial charge is 0.507 e. The number of phenolic OH excluding ortho intramolecular Hbond substituents is 1. The number of amides is 1. The van der Waals surface area contributed by atoms with Crippen molar-refractivity contribution in [2.75, 3.05) is 30.3 Å². The van der Waals surface area contributed by atoms with E-state index in [1.165, 1.54) is 24.3 Å². The molecular weight excluding hydrogens is 401 g/mol. The van der Waals surface area contributed by atoms with Crippen LogP contribution in [0.1, 0.15) is 42.6 Å². The summed E-state index contributed by atoms with van der Waals surface area (Å²) in [6, 6.07) is 7.35. The lowest BCUT2D eigenvalue weighted by Crippen LogP contribution is -2.54. The Morgan fingerprint density at radius 1 is 1.39 bits per heavy atom. The highest BCUT2D eigenvalue weighted by Gasteiger charge is 2.49. The van der Waals surface area contributed by atoms with Crippen molar-refractivity contribution in [3.8, 4) is 11.5 Å². The molecular formula is C23H26FN3O4. The van der Waals surface area contributed by atoms with Crippen molar-refractivity contribution in [1.82, 2.24) is 4.90 Å². The predicted octanol–water partition coefficient (Wildman–Crippen LogP) is 3.49. The molecule has 2 aromatic rings. The third-order valence-electron chi connectivity index (χ3n) is 6.11. The molecule has 0 aliphatic carbocycles. The van der Waals surface area contributed by atoms with E-state index in [1.807, 2.05) is 18.7 Å². The zero-order chi connectivity index (χ0) is 22.2. The molecule has 1 unspecified atom stereocenters. The highest BCUT2D eigenvalue weighted by atomic mass is 19.1. The summed E-state index contributed by atoms with van der Waals surface area (Å²) in [5.74, 6) is -0.208. The number of phenols is 1. The fourth-order valence-corrected chi connectivity index (χ4v) is 4.46. The minimum atomic E-state index is -1.02. The highest BCUT2D eigenvalue weighted by molar-refractivity contribution is 6.08. The Morgan fingerprint density at radius 2 is 2.19 bits per heavy atom. The number of rotatable bonds is 6. The number of likely N-dealkylation sites (tertiary alicyclic amines) is 1. The van der Waals surface area contributed by atoms with E-state index in [1.54, 1.807) is 6.07 Å². The molecule has 0 radical (unpaired) electrons. The lowest BCUT2D eigenvalue weighted by Gasteiger charge is -2.42. The Kier molecular flexibility index (Phi) is 5.58. The molecule has 2 aliphatic heterocycles. The zero-order valence-corrected chi connectivity index (χ0v) is 17.6. The molecule has 0 bridgehead atoms. The number of halogens is 1. The summed E-state index contributed by atoms with van der Waals surface area (Å²) in [7, 11) is 0. The van der Waals surface area contributed by atoms with Crippen LogP contribution in [-0.4, -0.2) is 47.9 Å². The van der Waals surface area contributed by atoms with Crippen LogP contribution in [0.4, 0.5) is 15.8 Å². The fraction of sp³-hybridized carbons (Fsp3) is 0.391. The average molecular weight is 427 g/mol. The third-order valence-corrected chi connectivity index (χ3v) is 6.11. The molecule has 2 atom stereocenters. The van der Waals surface area contributed by atoms with Crippen molar-refractivity contribution in [2.24, 2.45) is 0 Å². The number of anilines is 2. The molecule has 164 valence electrons. The number of ether oxygens (including phenoxy) is 1. The number of hydrogen-bond donors (Lipinski definition) is 3. The maximum Gasteiger partial charge on any atom is 0.249 e. The van der Waals surface area contributed by atoms with E-state index in [4.69, 9.17) is 4.74 Å². The van der Waals surface area contributed by atoms with Gasteiger partial charge >= 0.3 is 0 Å². The van der Waals surface area contributed by atoms with Gasteiger partial charge in [-0.1, -0.05) is 0 Å². The quantitative estimate of drug-likeness (QED) is 0.612. The molecule has 0 spiro atoms. The van der Waals surface area contributed by atoms with Crippen LogP contribution in [0, 0.1) is 5.82 Å². The Bertz CT molecular complexity index is 1030. The Labute approximate surface area is 180 Å². The smallest absolute Gasteiger partial charge is 0.249 e. The Balaban J connectivity index is 1.60.